The first-order chi connectivity index (χ1) is 7.31. The molecule has 0 radical (unpaired) electrons. The molecule has 2 N–H and O–H groups in total. The van der Waals surface area contributed by atoms with Crippen molar-refractivity contribution >= 4 is 0 Å². The minimum Gasteiger partial charge on any atom is -0.393 e. The predicted molar refractivity (Wildman–Crippen MR) is 60.3 cm³/mol. The van der Waals surface area contributed by atoms with Crippen LogP contribution in [0.15, 0.2) is 24.3 Å². The summed E-state index contributed by atoms with van der Waals surface area (Å²) in [6.07, 6.45) is 6.47. The second-order valence-electron chi connectivity index (χ2n) is 3.93. The van der Waals surface area contributed by atoms with E-state index in [1.165, 1.54) is 11.1 Å². The number of hydrogen-bond acceptors (Lipinski definition) is 2. The van der Waals surface area contributed by atoms with Crippen molar-refractivity contribution in [1.82, 2.24) is 5.32 Å². The summed E-state index contributed by atoms with van der Waals surface area (Å²) in [7, 11) is 0. The third-order valence-electron chi connectivity index (χ3n) is 2.84. The van der Waals surface area contributed by atoms with Crippen LogP contribution < -0.4 is 5.32 Å². The topological polar surface area (TPSA) is 32.3 Å². The summed E-state index contributed by atoms with van der Waals surface area (Å²) < 4.78 is 0. The Bertz CT molecular complexity index is 380. The van der Waals surface area contributed by atoms with Gasteiger partial charge in [-0.25, -0.2) is 0 Å². The van der Waals surface area contributed by atoms with Gasteiger partial charge in [-0.05, 0) is 24.0 Å². The highest BCUT2D eigenvalue weighted by Gasteiger charge is 2.24. The third-order valence-corrected chi connectivity index (χ3v) is 2.84. The highest BCUT2D eigenvalue weighted by molar-refractivity contribution is 5.33. The highest BCUT2D eigenvalue weighted by atomic mass is 16.3. The van der Waals surface area contributed by atoms with Crippen molar-refractivity contribution in [2.45, 2.75) is 25.0 Å². The van der Waals surface area contributed by atoms with Crippen LogP contribution in [0.2, 0.25) is 0 Å². The van der Waals surface area contributed by atoms with Crippen LogP contribution in [0.3, 0.4) is 0 Å². The number of aliphatic hydroxyl groups is 1. The van der Waals surface area contributed by atoms with Gasteiger partial charge < -0.3 is 5.11 Å². The van der Waals surface area contributed by atoms with Crippen molar-refractivity contribution in [1.29, 1.82) is 0 Å². The van der Waals surface area contributed by atoms with Gasteiger partial charge in [0, 0.05) is 6.04 Å². The van der Waals surface area contributed by atoms with E-state index in [2.05, 4.69) is 23.4 Å². The van der Waals surface area contributed by atoms with Crippen molar-refractivity contribution in [3.8, 4) is 12.3 Å². The standard InChI is InChI=1S/C13H15NO/c1-2-7-14-13-9-11(15)8-10-5-3-4-6-12(10)13/h1,3-6,11,13-15H,7-9H2. The molecule has 2 heteroatoms. The Morgan fingerprint density at radius 2 is 2.27 bits per heavy atom. The molecule has 1 aromatic carbocycles. The molecule has 0 bridgehead atoms. The molecule has 0 amide bonds. The van der Waals surface area contributed by atoms with Crippen molar-refractivity contribution in [3.63, 3.8) is 0 Å². The number of fused-ring (bicyclic) bond motifs is 1. The average molecular weight is 201 g/mol. The van der Waals surface area contributed by atoms with Crippen LogP contribution >= 0.6 is 0 Å². The molecule has 1 aliphatic rings. The molecule has 0 aliphatic heterocycles. The maximum Gasteiger partial charge on any atom is 0.0598 e. The summed E-state index contributed by atoms with van der Waals surface area (Å²) in [6.45, 7) is 0.547. The maximum absolute atomic E-state index is 9.73. The molecule has 2 unspecified atom stereocenters. The molecule has 0 saturated heterocycles. The lowest BCUT2D eigenvalue weighted by Gasteiger charge is -2.29. The van der Waals surface area contributed by atoms with Crippen LogP contribution in [0.25, 0.3) is 0 Å². The van der Waals surface area contributed by atoms with Gasteiger partial charge in [0.25, 0.3) is 0 Å². The van der Waals surface area contributed by atoms with Crippen LogP contribution in [0.5, 0.6) is 0 Å². The van der Waals surface area contributed by atoms with Crippen LogP contribution in [0, 0.1) is 12.3 Å². The molecule has 0 aromatic heterocycles. The van der Waals surface area contributed by atoms with Crippen molar-refractivity contribution in [2.75, 3.05) is 6.54 Å². The summed E-state index contributed by atoms with van der Waals surface area (Å²) in [4.78, 5) is 0. The minimum absolute atomic E-state index is 0.195. The zero-order valence-corrected chi connectivity index (χ0v) is 8.61. The smallest absolute Gasteiger partial charge is 0.0598 e. The lowest BCUT2D eigenvalue weighted by Crippen LogP contribution is -2.31. The van der Waals surface area contributed by atoms with Gasteiger partial charge in [-0.15, -0.1) is 6.42 Å². The Kier molecular flexibility index (Phi) is 3.05. The molecule has 0 spiro atoms. The molecule has 1 aromatic rings. The normalized spacial score (nSPS) is 24.3. The molecule has 2 rings (SSSR count). The van der Waals surface area contributed by atoms with Crippen LogP contribution in [-0.4, -0.2) is 17.8 Å². The van der Waals surface area contributed by atoms with Gasteiger partial charge in [0.2, 0.25) is 0 Å². The largest absolute Gasteiger partial charge is 0.393 e. The monoisotopic (exact) mass is 201 g/mol. The van der Waals surface area contributed by atoms with E-state index in [4.69, 9.17) is 6.42 Å². The van der Waals surface area contributed by atoms with Gasteiger partial charge in [-0.1, -0.05) is 30.2 Å². The molecule has 0 fully saturated rings. The average Bonchev–Trinajstić information content (AvgIpc) is 2.25. The first kappa shape index (κ1) is 10.2. The van der Waals surface area contributed by atoms with E-state index in [9.17, 15) is 5.11 Å². The molecule has 2 atom stereocenters. The third kappa shape index (κ3) is 2.20. The molecule has 0 saturated carbocycles. The van der Waals surface area contributed by atoms with Crippen LogP contribution in [0.1, 0.15) is 23.6 Å². The van der Waals surface area contributed by atoms with Crippen molar-refractivity contribution < 1.29 is 5.11 Å². The van der Waals surface area contributed by atoms with E-state index in [1.54, 1.807) is 0 Å². The van der Waals surface area contributed by atoms with Crippen LogP contribution in [-0.2, 0) is 6.42 Å². The van der Waals surface area contributed by atoms with E-state index in [-0.39, 0.29) is 12.1 Å². The van der Waals surface area contributed by atoms with Crippen LogP contribution in [0.4, 0.5) is 0 Å². The van der Waals surface area contributed by atoms with Gasteiger partial charge in [0.1, 0.15) is 0 Å². The quantitative estimate of drug-likeness (QED) is 0.706. The van der Waals surface area contributed by atoms with Gasteiger partial charge >= 0.3 is 0 Å². The zero-order chi connectivity index (χ0) is 10.7. The molecular formula is C13H15NO. The van der Waals surface area contributed by atoms with Crippen molar-refractivity contribution in [3.05, 3.63) is 35.4 Å². The fraction of sp³-hybridized carbons (Fsp3) is 0.385. The summed E-state index contributed by atoms with van der Waals surface area (Å²) in [5.74, 6) is 2.57. The Balaban J connectivity index is 2.23. The number of rotatable bonds is 2. The Morgan fingerprint density at radius 1 is 1.47 bits per heavy atom. The van der Waals surface area contributed by atoms with Crippen molar-refractivity contribution in [2.24, 2.45) is 0 Å². The fourth-order valence-electron chi connectivity index (χ4n) is 2.17. The summed E-state index contributed by atoms with van der Waals surface area (Å²) in [6, 6.07) is 8.41. The number of aliphatic hydroxyl groups excluding tert-OH is 1. The molecule has 0 heterocycles. The summed E-state index contributed by atoms with van der Waals surface area (Å²) in [5.41, 5.74) is 2.50. The maximum atomic E-state index is 9.73. The second kappa shape index (κ2) is 4.48. The van der Waals surface area contributed by atoms with E-state index in [0.29, 0.717) is 6.54 Å². The molecule has 78 valence electrons. The zero-order valence-electron chi connectivity index (χ0n) is 8.61. The van der Waals surface area contributed by atoms with E-state index in [1.807, 2.05) is 12.1 Å². The minimum atomic E-state index is -0.254. The van der Waals surface area contributed by atoms with Gasteiger partial charge in [-0.3, -0.25) is 5.32 Å². The van der Waals surface area contributed by atoms with Gasteiger partial charge in [0.05, 0.1) is 12.6 Å². The van der Waals surface area contributed by atoms with E-state index < -0.39 is 0 Å². The Hall–Kier alpha value is -1.30. The fourth-order valence-corrected chi connectivity index (χ4v) is 2.17. The number of hydrogen-bond donors (Lipinski definition) is 2. The molecule has 15 heavy (non-hydrogen) atoms. The Labute approximate surface area is 90.3 Å². The molecule has 1 aliphatic carbocycles. The first-order valence-corrected chi connectivity index (χ1v) is 5.24. The SMILES string of the molecule is C#CCNC1CC(O)Cc2ccccc21. The number of nitrogens with one attached hydrogen (secondary N) is 1. The summed E-state index contributed by atoms with van der Waals surface area (Å²) >= 11 is 0. The molecular weight excluding hydrogens is 186 g/mol. The first-order valence-electron chi connectivity index (χ1n) is 5.24. The van der Waals surface area contributed by atoms with Gasteiger partial charge in [0.15, 0.2) is 0 Å². The number of terminal acetylenes is 1. The highest BCUT2D eigenvalue weighted by Crippen LogP contribution is 2.29. The predicted octanol–water partition coefficient (Wildman–Crippen LogP) is 1.26. The number of benzene rings is 1. The van der Waals surface area contributed by atoms with E-state index >= 15 is 0 Å². The lowest BCUT2D eigenvalue weighted by atomic mass is 9.86. The summed E-state index contributed by atoms with van der Waals surface area (Å²) in [5, 5.41) is 13.0. The second-order valence-corrected chi connectivity index (χ2v) is 3.93. The lowest BCUT2D eigenvalue weighted by molar-refractivity contribution is 0.141. The molecule has 2 nitrogen and oxygen atoms in total. The van der Waals surface area contributed by atoms with Gasteiger partial charge in [-0.2, -0.15) is 0 Å². The Morgan fingerprint density at radius 3 is 3.07 bits per heavy atom. The van der Waals surface area contributed by atoms with E-state index in [0.717, 1.165) is 12.8 Å².